The van der Waals surface area contributed by atoms with Gasteiger partial charge in [0, 0.05) is 23.3 Å². The number of nitrogens with zero attached hydrogens (tertiary/aromatic N) is 2. The van der Waals surface area contributed by atoms with E-state index in [2.05, 4.69) is 17.2 Å². The van der Waals surface area contributed by atoms with Gasteiger partial charge in [-0.05, 0) is 24.1 Å². The molecule has 1 atom stereocenters. The van der Waals surface area contributed by atoms with Crippen molar-refractivity contribution in [2.45, 2.75) is 19.4 Å². The Bertz CT molecular complexity index is 1090. The van der Waals surface area contributed by atoms with Gasteiger partial charge in [-0.15, -0.1) is 0 Å². The minimum absolute atomic E-state index is 0.0474. The monoisotopic (exact) mass is 367 g/mol. The van der Waals surface area contributed by atoms with E-state index < -0.39 is 0 Å². The van der Waals surface area contributed by atoms with E-state index in [-0.39, 0.29) is 11.9 Å². The molecule has 4 aromatic rings. The molecule has 0 fully saturated rings. The number of aromatic nitrogens is 2. The molecule has 4 rings (SSSR count). The number of carbonyl (C=O) groups is 1. The van der Waals surface area contributed by atoms with Crippen LogP contribution in [0.5, 0.6) is 0 Å². The number of pyridine rings is 2. The number of hydrogen-bond donors (Lipinski definition) is 1. The first-order valence-corrected chi connectivity index (χ1v) is 9.42. The van der Waals surface area contributed by atoms with Gasteiger partial charge in [0.2, 0.25) is 0 Å². The number of fused-ring (bicyclic) bond motifs is 1. The molecule has 28 heavy (non-hydrogen) atoms. The van der Waals surface area contributed by atoms with E-state index in [1.807, 2.05) is 72.8 Å². The van der Waals surface area contributed by atoms with E-state index in [0.29, 0.717) is 5.56 Å². The van der Waals surface area contributed by atoms with Crippen LogP contribution in [0.2, 0.25) is 0 Å². The van der Waals surface area contributed by atoms with Gasteiger partial charge in [0.15, 0.2) is 0 Å². The minimum Gasteiger partial charge on any atom is -0.345 e. The molecule has 2 aromatic heterocycles. The Hall–Kier alpha value is -3.53. The maximum absolute atomic E-state index is 13.2. The summed E-state index contributed by atoms with van der Waals surface area (Å²) in [4.78, 5) is 22.1. The van der Waals surface area contributed by atoms with E-state index in [1.165, 1.54) is 0 Å². The average molecular weight is 367 g/mol. The number of benzene rings is 2. The Labute approximate surface area is 164 Å². The molecule has 0 aliphatic heterocycles. The summed E-state index contributed by atoms with van der Waals surface area (Å²) < 4.78 is 0. The molecule has 0 saturated heterocycles. The standard InChI is InChI=1S/C24H21N3O/c1-2-21(17-9-5-3-6-10-17)27-24(28)19-15-23(18-11-7-4-8-12-18)26-22-13-14-25-16-20(19)22/h3-16,21H,2H2,1H3,(H,27,28). The highest BCUT2D eigenvalue weighted by atomic mass is 16.1. The third-order valence-electron chi connectivity index (χ3n) is 4.84. The normalized spacial score (nSPS) is 11.9. The highest BCUT2D eigenvalue weighted by Gasteiger charge is 2.18. The van der Waals surface area contributed by atoms with Crippen molar-refractivity contribution in [2.24, 2.45) is 0 Å². The van der Waals surface area contributed by atoms with Gasteiger partial charge in [0.05, 0.1) is 22.8 Å². The fraction of sp³-hybridized carbons (Fsp3) is 0.125. The molecule has 2 aromatic carbocycles. The zero-order valence-corrected chi connectivity index (χ0v) is 15.7. The lowest BCUT2D eigenvalue weighted by atomic mass is 10.0. The highest BCUT2D eigenvalue weighted by Crippen LogP contribution is 2.25. The summed E-state index contributed by atoms with van der Waals surface area (Å²) in [5.41, 5.74) is 4.20. The lowest BCUT2D eigenvalue weighted by Crippen LogP contribution is -2.28. The third-order valence-corrected chi connectivity index (χ3v) is 4.84. The second-order valence-electron chi connectivity index (χ2n) is 6.66. The summed E-state index contributed by atoms with van der Waals surface area (Å²) in [6.07, 6.45) is 4.21. The van der Waals surface area contributed by atoms with E-state index in [4.69, 9.17) is 4.98 Å². The van der Waals surface area contributed by atoms with Crippen LogP contribution in [-0.4, -0.2) is 15.9 Å². The molecular formula is C24H21N3O. The molecule has 1 amide bonds. The van der Waals surface area contributed by atoms with Gasteiger partial charge in [-0.25, -0.2) is 4.98 Å². The number of hydrogen-bond acceptors (Lipinski definition) is 3. The van der Waals surface area contributed by atoms with Crippen molar-refractivity contribution in [3.63, 3.8) is 0 Å². The average Bonchev–Trinajstić information content (AvgIpc) is 2.77. The van der Waals surface area contributed by atoms with Gasteiger partial charge >= 0.3 is 0 Å². The predicted molar refractivity (Wildman–Crippen MR) is 112 cm³/mol. The van der Waals surface area contributed by atoms with Crippen molar-refractivity contribution >= 4 is 16.8 Å². The van der Waals surface area contributed by atoms with Crippen LogP contribution in [0.25, 0.3) is 22.2 Å². The Morgan fingerprint density at radius 3 is 2.43 bits per heavy atom. The fourth-order valence-corrected chi connectivity index (χ4v) is 3.36. The molecule has 0 saturated carbocycles. The lowest BCUT2D eigenvalue weighted by Gasteiger charge is -2.18. The SMILES string of the molecule is CCC(NC(=O)c1cc(-c2ccccc2)nc2ccncc12)c1ccccc1. The first-order chi connectivity index (χ1) is 13.8. The Morgan fingerprint density at radius 2 is 1.71 bits per heavy atom. The maximum atomic E-state index is 13.2. The van der Waals surface area contributed by atoms with Crippen LogP contribution in [0.4, 0.5) is 0 Å². The summed E-state index contributed by atoms with van der Waals surface area (Å²) in [6, 6.07) is 23.6. The fourth-order valence-electron chi connectivity index (χ4n) is 3.36. The van der Waals surface area contributed by atoms with Crippen LogP contribution in [0.3, 0.4) is 0 Å². The number of carbonyl (C=O) groups excluding carboxylic acids is 1. The van der Waals surface area contributed by atoms with Gasteiger partial charge in [0.25, 0.3) is 5.91 Å². The van der Waals surface area contributed by atoms with Crippen molar-refractivity contribution in [2.75, 3.05) is 0 Å². The molecule has 4 nitrogen and oxygen atoms in total. The Kier molecular flexibility index (Phi) is 5.11. The first kappa shape index (κ1) is 17.9. The molecule has 138 valence electrons. The van der Waals surface area contributed by atoms with Gasteiger partial charge < -0.3 is 5.32 Å². The molecule has 2 heterocycles. The van der Waals surface area contributed by atoms with Gasteiger partial charge in [-0.1, -0.05) is 67.6 Å². The van der Waals surface area contributed by atoms with E-state index in [0.717, 1.165) is 34.1 Å². The zero-order chi connectivity index (χ0) is 19.3. The van der Waals surface area contributed by atoms with Gasteiger partial charge in [-0.2, -0.15) is 0 Å². The smallest absolute Gasteiger partial charge is 0.252 e. The van der Waals surface area contributed by atoms with Crippen LogP contribution >= 0.6 is 0 Å². The van der Waals surface area contributed by atoms with Gasteiger partial charge in [-0.3, -0.25) is 9.78 Å². The largest absolute Gasteiger partial charge is 0.345 e. The quantitative estimate of drug-likeness (QED) is 0.529. The van der Waals surface area contributed by atoms with E-state index in [1.54, 1.807) is 12.4 Å². The molecule has 1 N–H and O–H groups in total. The molecular weight excluding hydrogens is 346 g/mol. The number of rotatable bonds is 5. The van der Waals surface area contributed by atoms with Gasteiger partial charge in [0.1, 0.15) is 0 Å². The van der Waals surface area contributed by atoms with Crippen LogP contribution in [0.15, 0.2) is 85.2 Å². The van der Waals surface area contributed by atoms with Crippen molar-refractivity contribution in [3.05, 3.63) is 96.3 Å². The predicted octanol–water partition coefficient (Wildman–Crippen LogP) is 5.18. The van der Waals surface area contributed by atoms with Crippen LogP contribution in [-0.2, 0) is 0 Å². The summed E-state index contributed by atoms with van der Waals surface area (Å²) in [5, 5.41) is 3.93. The summed E-state index contributed by atoms with van der Waals surface area (Å²) >= 11 is 0. The molecule has 0 spiro atoms. The molecule has 1 unspecified atom stereocenters. The maximum Gasteiger partial charge on any atom is 0.252 e. The second kappa shape index (κ2) is 8.01. The molecule has 4 heteroatoms. The molecule has 0 radical (unpaired) electrons. The molecule has 0 aliphatic carbocycles. The lowest BCUT2D eigenvalue weighted by molar-refractivity contribution is 0.0937. The van der Waals surface area contributed by atoms with Crippen molar-refractivity contribution < 1.29 is 4.79 Å². The molecule has 0 aliphatic rings. The summed E-state index contributed by atoms with van der Waals surface area (Å²) in [6.45, 7) is 2.07. The Balaban J connectivity index is 1.75. The van der Waals surface area contributed by atoms with Crippen molar-refractivity contribution in [1.82, 2.24) is 15.3 Å². The summed E-state index contributed by atoms with van der Waals surface area (Å²) in [7, 11) is 0. The topological polar surface area (TPSA) is 54.9 Å². The number of nitrogens with one attached hydrogen (secondary N) is 1. The van der Waals surface area contributed by atoms with E-state index in [9.17, 15) is 4.79 Å². The highest BCUT2D eigenvalue weighted by molar-refractivity contribution is 6.07. The van der Waals surface area contributed by atoms with Crippen molar-refractivity contribution in [3.8, 4) is 11.3 Å². The number of amides is 1. The first-order valence-electron chi connectivity index (χ1n) is 9.42. The van der Waals surface area contributed by atoms with Crippen molar-refractivity contribution in [1.29, 1.82) is 0 Å². The van der Waals surface area contributed by atoms with Crippen LogP contribution < -0.4 is 5.32 Å². The second-order valence-corrected chi connectivity index (χ2v) is 6.66. The zero-order valence-electron chi connectivity index (χ0n) is 15.7. The van der Waals surface area contributed by atoms with E-state index >= 15 is 0 Å². The van der Waals surface area contributed by atoms with Crippen LogP contribution in [0, 0.1) is 0 Å². The van der Waals surface area contributed by atoms with Crippen LogP contribution in [0.1, 0.15) is 35.3 Å². The molecule has 0 bridgehead atoms. The summed E-state index contributed by atoms with van der Waals surface area (Å²) in [5.74, 6) is -0.117. The Morgan fingerprint density at radius 1 is 1.00 bits per heavy atom. The third kappa shape index (κ3) is 3.62. The minimum atomic E-state index is -0.117.